The summed E-state index contributed by atoms with van der Waals surface area (Å²) in [4.78, 5) is 13.2. The number of aliphatic hydroxyl groups is 1. The van der Waals surface area contributed by atoms with Crippen LogP contribution in [0.25, 0.3) is 11.1 Å². The van der Waals surface area contributed by atoms with E-state index in [0.29, 0.717) is 17.3 Å². The molecule has 3 aromatic carbocycles. The largest absolute Gasteiger partial charge is 0.618 e. The molecule has 51 heavy (non-hydrogen) atoms. The number of carbonyl (C=O) groups is 1. The van der Waals surface area contributed by atoms with Crippen LogP contribution in [0.1, 0.15) is 80.1 Å². The molecule has 8 nitrogen and oxygen atoms in total. The van der Waals surface area contributed by atoms with Crippen LogP contribution in [0, 0.1) is 28.9 Å². The van der Waals surface area contributed by atoms with Crippen molar-refractivity contribution in [1.82, 2.24) is 10.6 Å². The Labute approximate surface area is 304 Å². The number of pyridine rings is 1. The Morgan fingerprint density at radius 1 is 0.882 bits per heavy atom. The maximum absolute atomic E-state index is 13.2. The van der Waals surface area contributed by atoms with Crippen molar-refractivity contribution >= 4 is 17.8 Å². The molecule has 2 heterocycles. The number of rotatable bonds is 10. The first-order valence-corrected chi connectivity index (χ1v) is 19.4. The van der Waals surface area contributed by atoms with E-state index in [-0.39, 0.29) is 36.3 Å². The first-order valence-electron chi connectivity index (χ1n) is 18.4. The van der Waals surface area contributed by atoms with Crippen molar-refractivity contribution in [2.75, 3.05) is 5.75 Å². The van der Waals surface area contributed by atoms with Crippen molar-refractivity contribution in [2.24, 2.45) is 23.7 Å². The summed E-state index contributed by atoms with van der Waals surface area (Å²) in [7, 11) is 0. The van der Waals surface area contributed by atoms with Gasteiger partial charge in [-0.05, 0) is 90.2 Å². The summed E-state index contributed by atoms with van der Waals surface area (Å²) >= 11 is 1.48. The third-order valence-corrected chi connectivity index (χ3v) is 12.8. The van der Waals surface area contributed by atoms with E-state index in [2.05, 4.69) is 54.0 Å². The number of carbonyl (C=O) groups excluding carboxylic acids is 1. The van der Waals surface area contributed by atoms with Crippen LogP contribution < -0.4 is 15.4 Å². The van der Waals surface area contributed by atoms with Gasteiger partial charge in [-0.15, -0.1) is 0 Å². The molecular formula is C42H47N3O5S. The molecule has 1 aromatic heterocycles. The number of ether oxygens (including phenoxy) is 2. The number of amides is 2. The summed E-state index contributed by atoms with van der Waals surface area (Å²) in [5.41, 5.74) is 5.94. The zero-order valence-corrected chi connectivity index (χ0v) is 29.9. The van der Waals surface area contributed by atoms with Crippen molar-refractivity contribution in [3.05, 3.63) is 125 Å². The van der Waals surface area contributed by atoms with Gasteiger partial charge in [0.2, 0.25) is 0 Å². The summed E-state index contributed by atoms with van der Waals surface area (Å²) in [6, 6.07) is 29.8. The lowest BCUT2D eigenvalue weighted by atomic mass is 9.53. The highest BCUT2D eigenvalue weighted by Gasteiger charge is 2.51. The summed E-state index contributed by atoms with van der Waals surface area (Å²) in [6.45, 7) is 2.56. The number of hydrogen-bond donors (Lipinski definition) is 3. The van der Waals surface area contributed by atoms with Crippen LogP contribution in [-0.2, 0) is 22.6 Å². The van der Waals surface area contributed by atoms with Gasteiger partial charge < -0.3 is 30.4 Å². The quantitative estimate of drug-likeness (QED) is 0.0883. The summed E-state index contributed by atoms with van der Waals surface area (Å²) < 4.78 is 14.2. The van der Waals surface area contributed by atoms with Crippen LogP contribution in [0.4, 0.5) is 4.79 Å². The minimum absolute atomic E-state index is 0.0105. The molecule has 4 unspecified atom stereocenters. The molecule has 266 valence electrons. The zero-order valence-electron chi connectivity index (χ0n) is 29.1. The van der Waals surface area contributed by atoms with Gasteiger partial charge >= 0.3 is 6.03 Å². The lowest BCUT2D eigenvalue weighted by Crippen LogP contribution is -2.61. The van der Waals surface area contributed by atoms with Gasteiger partial charge in [-0.2, -0.15) is 4.73 Å². The van der Waals surface area contributed by atoms with Gasteiger partial charge in [0.05, 0.1) is 18.8 Å². The van der Waals surface area contributed by atoms with Crippen LogP contribution in [0.3, 0.4) is 0 Å². The van der Waals surface area contributed by atoms with Crippen LogP contribution in [0.2, 0.25) is 0 Å². The van der Waals surface area contributed by atoms with Crippen LogP contribution >= 0.6 is 11.8 Å². The Kier molecular flexibility index (Phi) is 9.81. The summed E-state index contributed by atoms with van der Waals surface area (Å²) in [5, 5.41) is 29.2. The van der Waals surface area contributed by atoms with E-state index in [1.54, 1.807) is 6.07 Å². The Hall–Kier alpha value is -3.89. The predicted molar refractivity (Wildman–Crippen MR) is 197 cm³/mol. The van der Waals surface area contributed by atoms with E-state index in [4.69, 9.17) is 9.47 Å². The number of aliphatic hydroxyl groups excluding tert-OH is 1. The second-order valence-corrected chi connectivity index (χ2v) is 16.3. The summed E-state index contributed by atoms with van der Waals surface area (Å²) in [5.74, 6) is 2.94. The second-order valence-electron chi connectivity index (χ2n) is 15.3. The van der Waals surface area contributed by atoms with Gasteiger partial charge in [0.15, 0.2) is 12.5 Å². The number of nitrogens with zero attached hydrogens (tertiary/aromatic N) is 1. The number of urea groups is 1. The predicted octanol–water partition coefficient (Wildman–Crippen LogP) is 7.83. The smallest absolute Gasteiger partial charge is 0.315 e. The van der Waals surface area contributed by atoms with E-state index in [1.807, 2.05) is 48.5 Å². The monoisotopic (exact) mass is 705 g/mol. The highest BCUT2D eigenvalue weighted by Crippen LogP contribution is 2.55. The van der Waals surface area contributed by atoms with Gasteiger partial charge in [-0.1, -0.05) is 91.5 Å². The number of nitrogens with one attached hydrogen (secondary N) is 2. The molecule has 0 radical (unpaired) electrons. The fourth-order valence-corrected chi connectivity index (χ4v) is 10.6. The third-order valence-electron chi connectivity index (χ3n) is 11.7. The first-order chi connectivity index (χ1) is 24.8. The van der Waals surface area contributed by atoms with Crippen molar-refractivity contribution < 1.29 is 24.1 Å². The molecule has 4 aromatic rings. The minimum Gasteiger partial charge on any atom is -0.618 e. The summed E-state index contributed by atoms with van der Waals surface area (Å²) in [6.07, 6.45) is 7.92. The number of benzene rings is 3. The Bertz CT molecular complexity index is 1800. The maximum atomic E-state index is 13.2. The van der Waals surface area contributed by atoms with E-state index < -0.39 is 6.29 Å². The van der Waals surface area contributed by atoms with Gasteiger partial charge in [-0.3, -0.25) is 0 Å². The molecule has 1 aliphatic heterocycles. The molecule has 4 bridgehead atoms. The average Bonchev–Trinajstić information content (AvgIpc) is 3.14. The first kappa shape index (κ1) is 34.2. The van der Waals surface area contributed by atoms with Crippen LogP contribution in [0.15, 0.2) is 102 Å². The SMILES string of the molecule is CC1C(CSc2cccc[n+]2[O-])OC(c2ccc(-c3ccccc3CNC(=O)NC34CC5CC(CC(C5)C3)C4)cc2)OC1c1ccc(CO)cc1. The van der Waals surface area contributed by atoms with Gasteiger partial charge in [-0.25, -0.2) is 4.79 Å². The zero-order chi connectivity index (χ0) is 35.0. The van der Waals surface area contributed by atoms with Crippen LogP contribution in [0.5, 0.6) is 0 Å². The molecule has 5 aliphatic rings. The molecule has 3 N–H and O–H groups in total. The lowest BCUT2D eigenvalue weighted by Gasteiger charge is -2.56. The average molecular weight is 706 g/mol. The van der Waals surface area contributed by atoms with Crippen molar-refractivity contribution in [3.63, 3.8) is 0 Å². The number of hydrogen-bond acceptors (Lipinski definition) is 6. The molecule has 2 amide bonds. The molecule has 5 fully saturated rings. The van der Waals surface area contributed by atoms with Gasteiger partial charge in [0.1, 0.15) is 0 Å². The van der Waals surface area contributed by atoms with E-state index in [0.717, 1.165) is 75.1 Å². The fourth-order valence-electron chi connectivity index (χ4n) is 9.50. The second kappa shape index (κ2) is 14.6. The normalized spacial score (nSPS) is 29.5. The maximum Gasteiger partial charge on any atom is 0.315 e. The van der Waals surface area contributed by atoms with Gasteiger partial charge in [0.25, 0.3) is 5.03 Å². The van der Waals surface area contributed by atoms with Crippen molar-refractivity contribution in [3.8, 4) is 11.1 Å². The van der Waals surface area contributed by atoms with E-state index >= 15 is 0 Å². The molecule has 9 rings (SSSR count). The fraction of sp³-hybridized carbons (Fsp3) is 0.429. The standard InChI is InChI=1S/C42H47N3O5S/c1-27-37(26-51-38-8-4-5-17-45(38)48)49-40(50-39(27)33-11-9-28(25-46)10-12-33)34-15-13-32(14-16-34)36-7-3-2-6-35(36)24-43-41(47)44-42-21-29-18-30(22-42)20-31(19-29)23-42/h2-17,27,29-31,37,39-40,46H,18-26H2,1H3,(H2,43,44,47). The third kappa shape index (κ3) is 7.40. The topological polar surface area (TPSA) is 107 Å². The van der Waals surface area contributed by atoms with E-state index in [9.17, 15) is 15.1 Å². The van der Waals surface area contributed by atoms with Gasteiger partial charge in [0, 0.05) is 41.5 Å². The highest BCUT2D eigenvalue weighted by atomic mass is 32.2. The number of aromatic nitrogens is 1. The molecular weight excluding hydrogens is 659 g/mol. The Balaban J connectivity index is 0.967. The molecule has 4 aliphatic carbocycles. The lowest BCUT2D eigenvalue weighted by molar-refractivity contribution is -0.645. The molecule has 9 heteroatoms. The number of thioether (sulfide) groups is 1. The Morgan fingerprint density at radius 3 is 2.24 bits per heavy atom. The molecule has 0 spiro atoms. The minimum atomic E-state index is -0.608. The van der Waals surface area contributed by atoms with Crippen molar-refractivity contribution in [2.45, 2.75) is 87.7 Å². The molecule has 4 atom stereocenters. The Morgan fingerprint density at radius 2 is 1.55 bits per heavy atom. The highest BCUT2D eigenvalue weighted by molar-refractivity contribution is 7.99. The molecule has 1 saturated heterocycles. The van der Waals surface area contributed by atoms with Crippen molar-refractivity contribution in [1.29, 1.82) is 0 Å². The van der Waals surface area contributed by atoms with Crippen LogP contribution in [-0.4, -0.2) is 28.5 Å². The molecule has 4 saturated carbocycles. The van der Waals surface area contributed by atoms with E-state index in [1.165, 1.54) is 37.2 Å².